The Bertz CT molecular complexity index is 393. The lowest BCUT2D eigenvalue weighted by Gasteiger charge is -2.17. The van der Waals surface area contributed by atoms with Gasteiger partial charge in [-0.15, -0.1) is 0 Å². The number of hydrogen-bond donors (Lipinski definition) is 2. The number of aliphatic hydroxyl groups excluding tert-OH is 1. The Morgan fingerprint density at radius 3 is 2.78 bits per heavy atom. The normalized spacial score (nSPS) is 17.9. The van der Waals surface area contributed by atoms with Crippen LogP contribution in [-0.2, 0) is 0 Å². The summed E-state index contributed by atoms with van der Waals surface area (Å²) in [5.41, 5.74) is 1.05. The zero-order valence-corrected chi connectivity index (χ0v) is 13.2. The molecule has 0 aliphatic heterocycles. The summed E-state index contributed by atoms with van der Waals surface area (Å²) < 4.78 is 1.09. The topological polar surface area (TPSA) is 32.3 Å². The summed E-state index contributed by atoms with van der Waals surface area (Å²) >= 11 is 8.17. The third-order valence-corrected chi connectivity index (χ3v) is 4.67. The predicted octanol–water partition coefficient (Wildman–Crippen LogP) is 4.30. The number of hydrogen-bond acceptors (Lipinski definition) is 2. The number of halogens is 2. The molecule has 0 saturated heterocycles. The van der Waals surface area contributed by atoms with Gasteiger partial charge in [-0.1, -0.05) is 37.3 Å². The molecule has 18 heavy (non-hydrogen) atoms. The lowest BCUT2D eigenvalue weighted by molar-refractivity contribution is 0.155. The maximum absolute atomic E-state index is 10.0. The average molecular weight is 380 g/mol. The van der Waals surface area contributed by atoms with Crippen LogP contribution in [0.5, 0.6) is 0 Å². The summed E-state index contributed by atoms with van der Waals surface area (Å²) in [6.07, 6.45) is 5.92. The van der Waals surface area contributed by atoms with E-state index in [-0.39, 0.29) is 6.10 Å². The molecule has 2 rings (SSSR count). The quantitative estimate of drug-likeness (QED) is 0.748. The fraction of sp³-hybridized carbons (Fsp3) is 0.571. The maximum Gasteiger partial charge on any atom is 0.0715 e. The molecule has 1 fully saturated rings. The molecule has 4 heteroatoms. The van der Waals surface area contributed by atoms with Crippen LogP contribution in [0.2, 0.25) is 5.02 Å². The molecule has 1 unspecified atom stereocenters. The van der Waals surface area contributed by atoms with Crippen LogP contribution in [0.3, 0.4) is 0 Å². The molecule has 1 aliphatic carbocycles. The van der Waals surface area contributed by atoms with Gasteiger partial charge in [-0.05, 0) is 53.1 Å². The first kappa shape index (κ1) is 14.4. The van der Waals surface area contributed by atoms with Gasteiger partial charge < -0.3 is 10.4 Å². The molecule has 0 spiro atoms. The van der Waals surface area contributed by atoms with E-state index in [1.165, 1.54) is 25.7 Å². The van der Waals surface area contributed by atoms with E-state index in [9.17, 15) is 5.11 Å². The van der Waals surface area contributed by atoms with E-state index in [2.05, 4.69) is 27.9 Å². The van der Waals surface area contributed by atoms with Gasteiger partial charge in [0.1, 0.15) is 0 Å². The van der Waals surface area contributed by atoms with E-state index < -0.39 is 0 Å². The summed E-state index contributed by atoms with van der Waals surface area (Å²) in [7, 11) is 0. The highest BCUT2D eigenvalue weighted by Crippen LogP contribution is 2.29. The highest BCUT2D eigenvalue weighted by Gasteiger charge is 2.18. The van der Waals surface area contributed by atoms with E-state index in [1.807, 2.05) is 18.2 Å². The molecule has 0 heterocycles. The zero-order valence-electron chi connectivity index (χ0n) is 10.3. The van der Waals surface area contributed by atoms with Crippen molar-refractivity contribution in [3.8, 4) is 0 Å². The minimum absolute atomic E-state index is 0.250. The summed E-state index contributed by atoms with van der Waals surface area (Å²) in [6.45, 7) is 0.619. The van der Waals surface area contributed by atoms with E-state index >= 15 is 0 Å². The van der Waals surface area contributed by atoms with E-state index in [1.54, 1.807) is 0 Å². The average Bonchev–Trinajstić information content (AvgIpc) is 2.80. The molecule has 0 aromatic heterocycles. The predicted molar refractivity (Wildman–Crippen MR) is 85.2 cm³/mol. The summed E-state index contributed by atoms with van der Waals surface area (Å²) in [5, 5.41) is 14.1. The molecule has 0 amide bonds. The van der Waals surface area contributed by atoms with Crippen LogP contribution in [0.4, 0.5) is 5.69 Å². The third kappa shape index (κ3) is 4.28. The second kappa shape index (κ2) is 6.96. The van der Waals surface area contributed by atoms with Crippen molar-refractivity contribution in [3.05, 3.63) is 26.8 Å². The highest BCUT2D eigenvalue weighted by molar-refractivity contribution is 14.1. The molecule has 2 N–H and O–H groups in total. The molecule has 0 bridgehead atoms. The Morgan fingerprint density at radius 2 is 2.11 bits per heavy atom. The lowest BCUT2D eigenvalue weighted by Crippen LogP contribution is -2.22. The largest absolute Gasteiger partial charge is 0.391 e. The van der Waals surface area contributed by atoms with Crippen LogP contribution in [0.15, 0.2) is 18.2 Å². The minimum atomic E-state index is -0.250. The SMILES string of the molecule is OC(CNc1ccc(Cl)cc1I)CC1CCCC1. The van der Waals surface area contributed by atoms with Crippen molar-refractivity contribution < 1.29 is 5.11 Å². The first-order valence-corrected chi connectivity index (χ1v) is 7.98. The summed E-state index contributed by atoms with van der Waals surface area (Å²) in [5.74, 6) is 0.728. The van der Waals surface area contributed by atoms with Crippen LogP contribution in [-0.4, -0.2) is 17.8 Å². The molecule has 1 aromatic carbocycles. The van der Waals surface area contributed by atoms with Crippen LogP contribution < -0.4 is 5.32 Å². The molecule has 1 aromatic rings. The Labute approximate surface area is 127 Å². The molecule has 1 saturated carbocycles. The third-order valence-electron chi connectivity index (χ3n) is 3.54. The van der Waals surface area contributed by atoms with Crippen molar-refractivity contribution in [2.45, 2.75) is 38.2 Å². The van der Waals surface area contributed by atoms with Gasteiger partial charge in [0.05, 0.1) is 6.10 Å². The number of benzene rings is 1. The highest BCUT2D eigenvalue weighted by atomic mass is 127. The molecule has 2 nitrogen and oxygen atoms in total. The van der Waals surface area contributed by atoms with E-state index in [0.29, 0.717) is 6.54 Å². The van der Waals surface area contributed by atoms with Gasteiger partial charge in [-0.3, -0.25) is 0 Å². The second-order valence-corrected chi connectivity index (χ2v) is 6.64. The smallest absolute Gasteiger partial charge is 0.0715 e. The first-order chi connectivity index (χ1) is 8.65. The van der Waals surface area contributed by atoms with Crippen LogP contribution >= 0.6 is 34.2 Å². The van der Waals surface area contributed by atoms with E-state index in [4.69, 9.17) is 11.6 Å². The van der Waals surface area contributed by atoms with Crippen molar-refractivity contribution in [2.75, 3.05) is 11.9 Å². The van der Waals surface area contributed by atoms with Gasteiger partial charge in [0.25, 0.3) is 0 Å². The van der Waals surface area contributed by atoms with Gasteiger partial charge in [0.2, 0.25) is 0 Å². The van der Waals surface area contributed by atoms with Crippen LogP contribution in [0.25, 0.3) is 0 Å². The Hall–Kier alpha value is -0.000000000000000111. The van der Waals surface area contributed by atoms with Crippen LogP contribution in [0, 0.1) is 9.49 Å². The summed E-state index contributed by atoms with van der Waals surface area (Å²) in [6, 6.07) is 5.76. The second-order valence-electron chi connectivity index (χ2n) is 5.05. The number of nitrogens with one attached hydrogen (secondary N) is 1. The number of rotatable bonds is 5. The zero-order chi connectivity index (χ0) is 13.0. The van der Waals surface area contributed by atoms with Crippen LogP contribution in [0.1, 0.15) is 32.1 Å². The number of aliphatic hydroxyl groups is 1. The number of anilines is 1. The lowest BCUT2D eigenvalue weighted by atomic mass is 10.00. The minimum Gasteiger partial charge on any atom is -0.391 e. The van der Waals surface area contributed by atoms with Crippen molar-refractivity contribution in [3.63, 3.8) is 0 Å². The standard InChI is InChI=1S/C14H19ClINO/c15-11-5-6-14(13(16)8-11)17-9-12(18)7-10-3-1-2-4-10/h5-6,8,10,12,17-18H,1-4,7,9H2. The molecule has 1 aliphatic rings. The fourth-order valence-electron chi connectivity index (χ4n) is 2.57. The van der Waals surface area contributed by atoms with Crippen molar-refractivity contribution in [2.24, 2.45) is 5.92 Å². The molecular formula is C14H19ClINO. The van der Waals surface area contributed by atoms with Gasteiger partial charge in [0, 0.05) is 20.8 Å². The van der Waals surface area contributed by atoms with Crippen molar-refractivity contribution in [1.82, 2.24) is 0 Å². The first-order valence-electron chi connectivity index (χ1n) is 6.52. The Morgan fingerprint density at radius 1 is 1.39 bits per heavy atom. The summed E-state index contributed by atoms with van der Waals surface area (Å²) in [4.78, 5) is 0. The van der Waals surface area contributed by atoms with Gasteiger partial charge >= 0.3 is 0 Å². The Kier molecular flexibility index (Phi) is 5.57. The fourth-order valence-corrected chi connectivity index (χ4v) is 3.64. The molecule has 1 atom stereocenters. The van der Waals surface area contributed by atoms with Crippen molar-refractivity contribution in [1.29, 1.82) is 0 Å². The maximum atomic E-state index is 10.0. The van der Waals surface area contributed by atoms with E-state index in [0.717, 1.165) is 26.6 Å². The van der Waals surface area contributed by atoms with Gasteiger partial charge in [-0.2, -0.15) is 0 Å². The monoisotopic (exact) mass is 379 g/mol. The molecule has 100 valence electrons. The molecular weight excluding hydrogens is 361 g/mol. The Balaban J connectivity index is 1.79. The van der Waals surface area contributed by atoms with Gasteiger partial charge in [-0.25, -0.2) is 0 Å². The van der Waals surface area contributed by atoms with Crippen molar-refractivity contribution >= 4 is 39.9 Å². The molecule has 0 radical (unpaired) electrons. The van der Waals surface area contributed by atoms with Gasteiger partial charge in [0.15, 0.2) is 0 Å².